The molecule has 1 atom stereocenters. The van der Waals surface area contributed by atoms with Gasteiger partial charge < -0.3 is 13.9 Å². The minimum atomic E-state index is -0.292. The van der Waals surface area contributed by atoms with Crippen molar-refractivity contribution in [3.8, 4) is 0 Å². The summed E-state index contributed by atoms with van der Waals surface area (Å²) in [7, 11) is 1.65. The largest absolute Gasteiger partial charge is 0.443 e. The average Bonchev–Trinajstić information content (AvgIpc) is 3.40. The molecule has 33 heavy (non-hydrogen) atoms. The lowest BCUT2D eigenvalue weighted by molar-refractivity contribution is 0.0574. The van der Waals surface area contributed by atoms with E-state index in [-0.39, 0.29) is 23.3 Å². The summed E-state index contributed by atoms with van der Waals surface area (Å²) in [5.74, 6) is 0.688. The van der Waals surface area contributed by atoms with Gasteiger partial charge in [-0.1, -0.05) is 12.1 Å². The van der Waals surface area contributed by atoms with Crippen molar-refractivity contribution in [3.05, 3.63) is 80.6 Å². The molecule has 1 aliphatic rings. The Kier molecular flexibility index (Phi) is 5.57. The summed E-state index contributed by atoms with van der Waals surface area (Å²) in [5, 5.41) is 0.496. The summed E-state index contributed by atoms with van der Waals surface area (Å²) >= 11 is 1.25. The molecular formula is C24H23FN4O3S. The number of piperidine rings is 1. The van der Waals surface area contributed by atoms with Crippen LogP contribution in [0.3, 0.4) is 0 Å². The summed E-state index contributed by atoms with van der Waals surface area (Å²) in [5.41, 5.74) is 1.30. The number of hydrogen-bond donors (Lipinski definition) is 0. The van der Waals surface area contributed by atoms with Crippen molar-refractivity contribution in [2.75, 3.05) is 6.54 Å². The lowest BCUT2D eigenvalue weighted by Gasteiger charge is -2.33. The van der Waals surface area contributed by atoms with Crippen LogP contribution in [0.15, 0.2) is 46.0 Å². The first-order valence-corrected chi connectivity index (χ1v) is 11.7. The van der Waals surface area contributed by atoms with Gasteiger partial charge in [-0.3, -0.25) is 9.59 Å². The van der Waals surface area contributed by atoms with Crippen LogP contribution < -0.4 is 5.56 Å². The monoisotopic (exact) mass is 466 g/mol. The van der Waals surface area contributed by atoms with Crippen LogP contribution in [-0.4, -0.2) is 31.9 Å². The molecule has 7 nitrogen and oxygen atoms in total. The Labute approximate surface area is 193 Å². The molecule has 0 saturated carbocycles. The number of thiophene rings is 1. The van der Waals surface area contributed by atoms with Crippen molar-refractivity contribution in [2.45, 2.75) is 38.6 Å². The molecule has 3 aromatic heterocycles. The minimum absolute atomic E-state index is 0.132. The van der Waals surface area contributed by atoms with Crippen molar-refractivity contribution in [2.24, 2.45) is 7.05 Å². The lowest BCUT2D eigenvalue weighted by Crippen LogP contribution is -2.38. The van der Waals surface area contributed by atoms with Gasteiger partial charge in [-0.25, -0.2) is 14.4 Å². The second-order valence-corrected chi connectivity index (χ2v) is 9.38. The predicted octanol–water partition coefficient (Wildman–Crippen LogP) is 4.39. The van der Waals surface area contributed by atoms with Crippen LogP contribution >= 0.6 is 11.3 Å². The molecule has 0 spiro atoms. The van der Waals surface area contributed by atoms with Gasteiger partial charge in [-0.15, -0.1) is 11.3 Å². The second-order valence-electron chi connectivity index (χ2n) is 8.38. The molecule has 0 bridgehead atoms. The Morgan fingerprint density at radius 2 is 2.15 bits per heavy atom. The molecular weight excluding hydrogens is 443 g/mol. The minimum Gasteiger partial charge on any atom is -0.443 e. The summed E-state index contributed by atoms with van der Waals surface area (Å²) < 4.78 is 21.0. The van der Waals surface area contributed by atoms with Crippen LogP contribution in [0, 0.1) is 12.7 Å². The highest BCUT2D eigenvalue weighted by molar-refractivity contribution is 7.20. The highest BCUT2D eigenvalue weighted by Crippen LogP contribution is 2.35. The van der Waals surface area contributed by atoms with E-state index in [1.54, 1.807) is 31.1 Å². The van der Waals surface area contributed by atoms with Gasteiger partial charge in [0, 0.05) is 20.0 Å². The molecule has 0 unspecified atom stereocenters. The van der Waals surface area contributed by atoms with E-state index < -0.39 is 0 Å². The van der Waals surface area contributed by atoms with E-state index in [0.717, 1.165) is 24.8 Å². The SMILES string of the molecule is Cc1c(C(=O)N2CCCC[C@H]2c2ncc(Cc3cccc(F)c3)o2)sc2ncn(C)c(=O)c12. The first kappa shape index (κ1) is 21.5. The van der Waals surface area contributed by atoms with E-state index in [2.05, 4.69) is 9.97 Å². The number of rotatable bonds is 4. The Morgan fingerprint density at radius 1 is 1.30 bits per heavy atom. The van der Waals surface area contributed by atoms with E-state index in [1.807, 2.05) is 6.07 Å². The molecule has 1 amide bonds. The molecule has 4 aromatic rings. The maximum atomic E-state index is 13.6. The number of halogens is 1. The van der Waals surface area contributed by atoms with Gasteiger partial charge in [-0.2, -0.15) is 0 Å². The van der Waals surface area contributed by atoms with Gasteiger partial charge in [0.25, 0.3) is 11.5 Å². The zero-order valence-corrected chi connectivity index (χ0v) is 19.2. The molecule has 4 heterocycles. The van der Waals surface area contributed by atoms with E-state index >= 15 is 0 Å². The molecule has 1 saturated heterocycles. The zero-order chi connectivity index (χ0) is 23.1. The zero-order valence-electron chi connectivity index (χ0n) is 18.4. The lowest BCUT2D eigenvalue weighted by atomic mass is 10.0. The predicted molar refractivity (Wildman–Crippen MR) is 123 cm³/mol. The highest BCUT2D eigenvalue weighted by atomic mass is 32.1. The molecule has 1 aromatic carbocycles. The summed E-state index contributed by atoms with van der Waals surface area (Å²) in [6.45, 7) is 2.39. The summed E-state index contributed by atoms with van der Waals surface area (Å²) in [6, 6.07) is 6.10. The first-order chi connectivity index (χ1) is 15.9. The van der Waals surface area contributed by atoms with E-state index in [4.69, 9.17) is 4.42 Å². The fourth-order valence-electron chi connectivity index (χ4n) is 4.38. The number of amides is 1. The summed E-state index contributed by atoms with van der Waals surface area (Å²) in [6.07, 6.45) is 6.15. The number of aromatic nitrogens is 3. The molecule has 1 fully saturated rings. The molecule has 0 radical (unpaired) electrons. The highest BCUT2D eigenvalue weighted by Gasteiger charge is 2.34. The Hall–Kier alpha value is -3.33. The van der Waals surface area contributed by atoms with Gasteiger partial charge in [0.1, 0.15) is 22.4 Å². The third-order valence-electron chi connectivity index (χ3n) is 6.09. The fourth-order valence-corrected chi connectivity index (χ4v) is 5.48. The Bertz CT molecular complexity index is 1410. The van der Waals surface area contributed by atoms with E-state index in [1.165, 1.54) is 34.4 Å². The van der Waals surface area contributed by atoms with Crippen LogP contribution in [0.2, 0.25) is 0 Å². The quantitative estimate of drug-likeness (QED) is 0.446. The number of oxazole rings is 1. The first-order valence-electron chi connectivity index (χ1n) is 10.9. The maximum Gasteiger partial charge on any atom is 0.264 e. The van der Waals surface area contributed by atoms with Gasteiger partial charge in [0.2, 0.25) is 5.89 Å². The van der Waals surface area contributed by atoms with Crippen LogP contribution in [0.25, 0.3) is 10.2 Å². The number of nitrogens with zero attached hydrogens (tertiary/aromatic N) is 4. The van der Waals surface area contributed by atoms with Gasteiger partial charge in [0.15, 0.2) is 0 Å². The molecule has 9 heteroatoms. The third-order valence-corrected chi connectivity index (χ3v) is 7.28. The van der Waals surface area contributed by atoms with Gasteiger partial charge in [-0.05, 0) is 49.4 Å². The maximum absolute atomic E-state index is 13.6. The number of likely N-dealkylation sites (tertiary alicyclic amines) is 1. The Balaban J connectivity index is 1.44. The standard InChI is InChI=1S/C24H23FN4O3S/c1-14-19-22(27-13-28(2)23(19)30)33-20(14)24(31)29-9-4-3-8-18(29)21-26-12-17(32-21)11-15-6-5-7-16(25)10-15/h5-7,10,12-13,18H,3-4,8-9,11H2,1-2H3/t18-/m0/s1. The number of hydrogen-bond acceptors (Lipinski definition) is 6. The topological polar surface area (TPSA) is 81.2 Å². The van der Waals surface area contributed by atoms with Crippen molar-refractivity contribution in [3.63, 3.8) is 0 Å². The van der Waals surface area contributed by atoms with Gasteiger partial charge in [0.05, 0.1) is 22.8 Å². The number of benzene rings is 1. The van der Waals surface area contributed by atoms with E-state index in [9.17, 15) is 14.0 Å². The van der Waals surface area contributed by atoms with Crippen LogP contribution in [0.4, 0.5) is 4.39 Å². The molecule has 170 valence electrons. The fraction of sp³-hybridized carbons (Fsp3) is 0.333. The normalized spacial score (nSPS) is 16.5. The van der Waals surface area contributed by atoms with Gasteiger partial charge >= 0.3 is 0 Å². The van der Waals surface area contributed by atoms with Crippen molar-refractivity contribution >= 4 is 27.5 Å². The van der Waals surface area contributed by atoms with Crippen LogP contribution in [0.1, 0.15) is 57.8 Å². The van der Waals surface area contributed by atoms with Crippen molar-refractivity contribution in [1.82, 2.24) is 19.4 Å². The van der Waals surface area contributed by atoms with E-state index in [0.29, 0.717) is 45.3 Å². The average molecular weight is 467 g/mol. The molecule has 5 rings (SSSR count). The van der Waals surface area contributed by atoms with Crippen molar-refractivity contribution in [1.29, 1.82) is 0 Å². The smallest absolute Gasteiger partial charge is 0.264 e. The second kappa shape index (κ2) is 8.55. The number of carbonyl (C=O) groups excluding carboxylic acids is 1. The number of carbonyl (C=O) groups is 1. The number of fused-ring (bicyclic) bond motifs is 1. The summed E-state index contributed by atoms with van der Waals surface area (Å²) in [4.78, 5) is 37.9. The molecule has 1 aliphatic heterocycles. The van der Waals surface area contributed by atoms with Crippen molar-refractivity contribution < 1.29 is 13.6 Å². The third kappa shape index (κ3) is 3.97. The molecule has 0 aliphatic carbocycles. The van der Waals surface area contributed by atoms with Crippen LogP contribution in [-0.2, 0) is 13.5 Å². The van der Waals surface area contributed by atoms with Crippen LogP contribution in [0.5, 0.6) is 0 Å². The Morgan fingerprint density at radius 3 is 2.97 bits per heavy atom. The number of aryl methyl sites for hydroxylation is 2. The molecule has 0 N–H and O–H groups in total.